The van der Waals surface area contributed by atoms with Gasteiger partial charge in [0, 0.05) is 30.4 Å². The van der Waals surface area contributed by atoms with Crippen LogP contribution in [-0.4, -0.2) is 35.1 Å². The molecule has 0 aliphatic heterocycles. The lowest BCUT2D eigenvalue weighted by Crippen LogP contribution is -2.17. The quantitative estimate of drug-likeness (QED) is 0.121. The molecule has 0 amide bonds. The van der Waals surface area contributed by atoms with Crippen LogP contribution >= 0.6 is 0 Å². The minimum atomic E-state index is -0.238. The summed E-state index contributed by atoms with van der Waals surface area (Å²) >= 11 is 0. The Hall–Kier alpha value is -5.88. The lowest BCUT2D eigenvalue weighted by molar-refractivity contribution is -0.144. The van der Waals surface area contributed by atoms with Crippen molar-refractivity contribution in [1.82, 2.24) is 9.97 Å². The summed E-state index contributed by atoms with van der Waals surface area (Å²) in [5.41, 5.74) is 15.6. The van der Waals surface area contributed by atoms with Gasteiger partial charge in [0.1, 0.15) is 13.2 Å². The smallest absolute Gasteiger partial charge is 0.311 e. The highest BCUT2D eigenvalue weighted by Gasteiger charge is 2.33. The molecule has 2 heterocycles. The van der Waals surface area contributed by atoms with E-state index in [0.717, 1.165) is 36.1 Å². The molecule has 6 aromatic rings. The van der Waals surface area contributed by atoms with Crippen LogP contribution in [0.15, 0.2) is 128 Å². The molecule has 0 unspecified atom stereocenters. The summed E-state index contributed by atoms with van der Waals surface area (Å²) < 4.78 is 11.6. The molecule has 308 valence electrons. The Kier molecular flexibility index (Phi) is 12.8. The normalized spacial score (nSPS) is 13.1. The minimum Gasteiger partial charge on any atom is -0.464 e. The summed E-state index contributed by atoms with van der Waals surface area (Å²) in [6.07, 6.45) is 9.01. The van der Waals surface area contributed by atoms with E-state index in [4.69, 9.17) is 9.47 Å². The molecule has 0 N–H and O–H groups in total. The third kappa shape index (κ3) is 9.60. The Morgan fingerprint density at radius 3 is 1.62 bits per heavy atom. The second kappa shape index (κ2) is 18.2. The van der Waals surface area contributed by atoms with E-state index in [1.54, 1.807) is 12.4 Å². The molecule has 0 atom stereocenters. The minimum absolute atomic E-state index is 0.0392. The van der Waals surface area contributed by atoms with Gasteiger partial charge in [0.2, 0.25) is 0 Å². The van der Waals surface area contributed by atoms with Crippen LogP contribution in [0.5, 0.6) is 0 Å². The van der Waals surface area contributed by atoms with Crippen molar-refractivity contribution in [2.75, 3.05) is 13.2 Å². The molecule has 0 bridgehead atoms. The van der Waals surface area contributed by atoms with Crippen molar-refractivity contribution in [1.29, 1.82) is 0 Å². The number of hydrogen-bond acceptors (Lipinski definition) is 6. The SMILES string of the molecule is CC(C)(C)c1ccc2c(c1)C(COC(=O)Cc1ccccn1)c1cc(C(C)(C)C)ccc1-2.CCCCc1cnccc1CC(=O)OCC1c2ccccc2-c2ccccc21. The van der Waals surface area contributed by atoms with Gasteiger partial charge in [-0.3, -0.25) is 19.6 Å². The van der Waals surface area contributed by atoms with E-state index < -0.39 is 0 Å². The number of ether oxygens (including phenoxy) is 2. The van der Waals surface area contributed by atoms with Crippen LogP contribution in [0.1, 0.15) is 123 Å². The second-order valence-corrected chi connectivity index (χ2v) is 18.2. The van der Waals surface area contributed by atoms with Crippen LogP contribution in [0.3, 0.4) is 0 Å². The Morgan fingerprint density at radius 1 is 0.567 bits per heavy atom. The highest BCUT2D eigenvalue weighted by molar-refractivity contribution is 5.81. The standard InChI is InChI=1S/C29H33NO2.C25H25NO2/c1-28(2,3)19-10-12-22-23-13-11-20(29(4,5)6)16-25(23)26(24(22)15-19)18-32-27(31)17-21-9-7-8-14-30-21;1-2-3-8-19-16-26-14-13-18(19)15-25(27)28-17-24-22-11-6-4-9-20(22)21-10-5-7-12-23(21)24/h7-16,26H,17-18H2,1-6H3;4-7,9-14,16,24H,2-3,8,15,17H2,1H3. The lowest BCUT2D eigenvalue weighted by Gasteiger charge is -2.22. The number of benzene rings is 4. The van der Waals surface area contributed by atoms with Crippen LogP contribution in [0.4, 0.5) is 0 Å². The van der Waals surface area contributed by atoms with Gasteiger partial charge in [0.15, 0.2) is 0 Å². The number of rotatable bonds is 11. The zero-order chi connectivity index (χ0) is 42.4. The maximum absolute atomic E-state index is 12.6. The first-order valence-corrected chi connectivity index (χ1v) is 21.4. The number of carbonyl (C=O) groups is 2. The highest BCUT2D eigenvalue weighted by Crippen LogP contribution is 2.48. The largest absolute Gasteiger partial charge is 0.464 e. The number of aryl methyl sites for hydroxylation is 1. The summed E-state index contributed by atoms with van der Waals surface area (Å²) in [6, 6.07) is 37.9. The fourth-order valence-electron chi connectivity index (χ4n) is 8.39. The van der Waals surface area contributed by atoms with Crippen LogP contribution in [0, 0.1) is 0 Å². The van der Waals surface area contributed by atoms with Crippen LogP contribution in [0.25, 0.3) is 22.3 Å². The van der Waals surface area contributed by atoms with Crippen molar-refractivity contribution in [3.63, 3.8) is 0 Å². The first kappa shape index (κ1) is 42.3. The molecule has 0 spiro atoms. The van der Waals surface area contributed by atoms with Crippen molar-refractivity contribution in [2.24, 2.45) is 0 Å². The van der Waals surface area contributed by atoms with Crippen LogP contribution in [-0.2, 0) is 49.2 Å². The Labute approximate surface area is 356 Å². The Bertz CT molecular complexity index is 2350. The van der Waals surface area contributed by atoms with Crippen molar-refractivity contribution in [3.05, 3.63) is 178 Å². The van der Waals surface area contributed by atoms with Gasteiger partial charge in [-0.2, -0.15) is 0 Å². The van der Waals surface area contributed by atoms with E-state index in [2.05, 4.69) is 143 Å². The Morgan fingerprint density at radius 2 is 1.08 bits per heavy atom. The molecule has 8 rings (SSSR count). The lowest BCUT2D eigenvalue weighted by atomic mass is 9.83. The average Bonchev–Trinajstić information content (AvgIpc) is 3.73. The Balaban J connectivity index is 0.000000183. The molecule has 0 saturated heterocycles. The van der Waals surface area contributed by atoms with Gasteiger partial charge >= 0.3 is 11.9 Å². The molecule has 4 aromatic carbocycles. The number of fused-ring (bicyclic) bond motifs is 6. The fraction of sp³-hybridized carbons (Fsp3) is 0.333. The zero-order valence-corrected chi connectivity index (χ0v) is 36.3. The maximum atomic E-state index is 12.6. The molecule has 2 aliphatic rings. The molecular weight excluding hydrogens is 741 g/mol. The molecule has 0 radical (unpaired) electrons. The van der Waals surface area contributed by atoms with Gasteiger partial charge in [0.25, 0.3) is 0 Å². The first-order valence-electron chi connectivity index (χ1n) is 21.4. The number of hydrogen-bond donors (Lipinski definition) is 0. The number of unbranched alkanes of at least 4 members (excludes halogenated alkanes) is 1. The predicted octanol–water partition coefficient (Wildman–Crippen LogP) is 11.9. The average molecular weight is 799 g/mol. The summed E-state index contributed by atoms with van der Waals surface area (Å²) in [7, 11) is 0. The predicted molar refractivity (Wildman–Crippen MR) is 241 cm³/mol. The maximum Gasteiger partial charge on any atom is 0.311 e. The monoisotopic (exact) mass is 798 g/mol. The van der Waals surface area contributed by atoms with E-state index >= 15 is 0 Å². The summed E-state index contributed by atoms with van der Waals surface area (Å²) in [4.78, 5) is 33.6. The highest BCUT2D eigenvalue weighted by atomic mass is 16.5. The van der Waals surface area contributed by atoms with Gasteiger partial charge in [-0.1, -0.05) is 146 Å². The molecule has 60 heavy (non-hydrogen) atoms. The first-order chi connectivity index (χ1) is 28.8. The number of carbonyl (C=O) groups excluding carboxylic acids is 2. The van der Waals surface area contributed by atoms with Crippen LogP contribution < -0.4 is 0 Å². The number of aromatic nitrogens is 2. The second-order valence-electron chi connectivity index (χ2n) is 18.2. The fourth-order valence-corrected chi connectivity index (χ4v) is 8.39. The topological polar surface area (TPSA) is 78.4 Å². The third-order valence-corrected chi connectivity index (χ3v) is 11.9. The van der Waals surface area contributed by atoms with Gasteiger partial charge in [-0.05, 0) is 109 Å². The van der Waals surface area contributed by atoms with Crippen molar-refractivity contribution < 1.29 is 19.1 Å². The molecule has 6 nitrogen and oxygen atoms in total. The van der Waals surface area contributed by atoms with E-state index in [0.29, 0.717) is 19.6 Å². The van der Waals surface area contributed by atoms with E-state index in [1.807, 2.05) is 30.5 Å². The number of nitrogens with zero attached hydrogens (tertiary/aromatic N) is 2. The summed E-state index contributed by atoms with van der Waals surface area (Å²) in [6.45, 7) is 16.3. The molecular formula is C54H58N2O4. The number of pyridine rings is 2. The number of esters is 2. The van der Waals surface area contributed by atoms with Crippen LogP contribution in [0.2, 0.25) is 0 Å². The molecule has 0 saturated carbocycles. The summed E-state index contributed by atoms with van der Waals surface area (Å²) in [5, 5.41) is 0. The summed E-state index contributed by atoms with van der Waals surface area (Å²) in [5.74, 6) is -0.269. The van der Waals surface area contributed by atoms with Gasteiger partial charge in [-0.15, -0.1) is 0 Å². The molecule has 0 fully saturated rings. The van der Waals surface area contributed by atoms with Gasteiger partial charge in [0.05, 0.1) is 18.5 Å². The van der Waals surface area contributed by atoms with Crippen molar-refractivity contribution >= 4 is 11.9 Å². The third-order valence-electron chi connectivity index (χ3n) is 11.9. The van der Waals surface area contributed by atoms with Crippen molar-refractivity contribution in [3.8, 4) is 22.3 Å². The van der Waals surface area contributed by atoms with Gasteiger partial charge in [-0.25, -0.2) is 0 Å². The van der Waals surface area contributed by atoms with Crippen molar-refractivity contribution in [2.45, 2.75) is 103 Å². The molecule has 2 aliphatic carbocycles. The molecule has 6 heteroatoms. The van der Waals surface area contributed by atoms with E-state index in [-0.39, 0.29) is 41.0 Å². The molecule has 2 aromatic heterocycles. The van der Waals surface area contributed by atoms with Gasteiger partial charge < -0.3 is 9.47 Å². The zero-order valence-electron chi connectivity index (χ0n) is 36.3. The van der Waals surface area contributed by atoms with E-state index in [1.165, 1.54) is 55.6 Å². The van der Waals surface area contributed by atoms with E-state index in [9.17, 15) is 9.59 Å².